The van der Waals surface area contributed by atoms with Gasteiger partial charge in [-0.3, -0.25) is 5.43 Å². The second-order valence-electron chi connectivity index (χ2n) is 5.80. The van der Waals surface area contributed by atoms with Gasteiger partial charge in [-0.25, -0.2) is 4.39 Å². The summed E-state index contributed by atoms with van der Waals surface area (Å²) in [4.78, 5) is 0. The number of hydrogen-bond acceptors (Lipinski definition) is 2. The lowest BCUT2D eigenvalue weighted by atomic mass is 10.2. The van der Waals surface area contributed by atoms with Crippen molar-refractivity contribution < 1.29 is 4.39 Å². The van der Waals surface area contributed by atoms with Gasteiger partial charge in [0.15, 0.2) is 5.11 Å². The summed E-state index contributed by atoms with van der Waals surface area (Å²) in [6.07, 6.45) is 1.68. The van der Waals surface area contributed by atoms with E-state index >= 15 is 0 Å². The molecule has 0 saturated carbocycles. The maximum atomic E-state index is 14.1. The van der Waals surface area contributed by atoms with Gasteiger partial charge in [0.1, 0.15) is 5.82 Å². The molecule has 3 rings (SSSR count). The number of para-hydroxylation sites is 2. The number of benzene rings is 2. The predicted molar refractivity (Wildman–Crippen MR) is 109 cm³/mol. The number of thiocarbonyl (C=S) groups is 1. The van der Waals surface area contributed by atoms with E-state index in [-0.39, 0.29) is 5.82 Å². The van der Waals surface area contributed by atoms with E-state index in [2.05, 4.69) is 15.8 Å². The zero-order valence-electron chi connectivity index (χ0n) is 14.5. The smallest absolute Gasteiger partial charge is 0.191 e. The lowest BCUT2D eigenvalue weighted by Crippen LogP contribution is -2.23. The summed E-state index contributed by atoms with van der Waals surface area (Å²) in [5, 5.41) is 7.63. The molecule has 4 nitrogen and oxygen atoms in total. The standard InChI is InChI=1S/C20H19FN4S/c1-14-12-16(15(2)25(14)19-11-7-6-10-18(19)21)13-22-24-20(26)23-17-8-4-3-5-9-17/h3-13H,1-2H3,(H2,23,24,26)/b22-13-. The van der Waals surface area contributed by atoms with E-state index in [9.17, 15) is 4.39 Å². The van der Waals surface area contributed by atoms with Gasteiger partial charge in [-0.1, -0.05) is 30.3 Å². The molecule has 0 aliphatic heterocycles. The highest BCUT2D eigenvalue weighted by Gasteiger charge is 2.12. The first kappa shape index (κ1) is 17.8. The summed E-state index contributed by atoms with van der Waals surface area (Å²) in [7, 11) is 0. The van der Waals surface area contributed by atoms with Gasteiger partial charge in [0.05, 0.1) is 11.9 Å². The second kappa shape index (κ2) is 7.93. The van der Waals surface area contributed by atoms with Crippen molar-refractivity contribution in [3.8, 4) is 5.69 Å². The number of rotatable bonds is 4. The Balaban J connectivity index is 1.73. The highest BCUT2D eigenvalue weighted by molar-refractivity contribution is 7.80. The average Bonchev–Trinajstić information content (AvgIpc) is 2.90. The third-order valence-electron chi connectivity index (χ3n) is 3.97. The van der Waals surface area contributed by atoms with Crippen LogP contribution >= 0.6 is 12.2 Å². The summed E-state index contributed by atoms with van der Waals surface area (Å²) in [5.41, 5.74) is 6.93. The molecule has 0 aliphatic carbocycles. The molecule has 6 heteroatoms. The highest BCUT2D eigenvalue weighted by Crippen LogP contribution is 2.21. The molecule has 1 aromatic heterocycles. The fourth-order valence-electron chi connectivity index (χ4n) is 2.76. The Morgan fingerprint density at radius 1 is 1.08 bits per heavy atom. The topological polar surface area (TPSA) is 41.4 Å². The van der Waals surface area contributed by atoms with Gasteiger partial charge in [-0.2, -0.15) is 5.10 Å². The number of nitrogens with one attached hydrogen (secondary N) is 2. The van der Waals surface area contributed by atoms with Crippen molar-refractivity contribution in [3.05, 3.63) is 83.4 Å². The molecule has 3 aromatic rings. The maximum Gasteiger partial charge on any atom is 0.191 e. The fourth-order valence-corrected chi connectivity index (χ4v) is 2.93. The zero-order chi connectivity index (χ0) is 18.5. The number of aromatic nitrogens is 1. The lowest BCUT2D eigenvalue weighted by molar-refractivity contribution is 0.616. The summed E-state index contributed by atoms with van der Waals surface area (Å²) >= 11 is 5.22. The maximum absolute atomic E-state index is 14.1. The van der Waals surface area contributed by atoms with Crippen LogP contribution in [0.4, 0.5) is 10.1 Å². The van der Waals surface area contributed by atoms with Gasteiger partial charge in [0, 0.05) is 22.6 Å². The molecule has 0 atom stereocenters. The molecule has 0 radical (unpaired) electrons. The van der Waals surface area contributed by atoms with Crippen LogP contribution in [0.3, 0.4) is 0 Å². The Hall–Kier alpha value is -2.99. The zero-order valence-corrected chi connectivity index (χ0v) is 15.3. The van der Waals surface area contributed by atoms with Crippen LogP contribution < -0.4 is 10.7 Å². The number of aryl methyl sites for hydroxylation is 1. The Bertz CT molecular complexity index is 948. The molecular weight excluding hydrogens is 347 g/mol. The van der Waals surface area contributed by atoms with E-state index in [0.29, 0.717) is 10.8 Å². The normalized spacial score (nSPS) is 10.9. The Labute approximate surface area is 157 Å². The molecule has 0 bridgehead atoms. The summed E-state index contributed by atoms with van der Waals surface area (Å²) in [6, 6.07) is 18.3. The van der Waals surface area contributed by atoms with Crippen molar-refractivity contribution in [2.75, 3.05) is 5.32 Å². The van der Waals surface area contributed by atoms with Crippen LogP contribution in [-0.2, 0) is 0 Å². The van der Waals surface area contributed by atoms with E-state index < -0.39 is 0 Å². The first-order valence-electron chi connectivity index (χ1n) is 8.15. The molecule has 0 aliphatic rings. The number of halogens is 1. The quantitative estimate of drug-likeness (QED) is 0.404. The van der Waals surface area contributed by atoms with Crippen LogP contribution in [0.5, 0.6) is 0 Å². The summed E-state index contributed by atoms with van der Waals surface area (Å²) in [6.45, 7) is 3.87. The van der Waals surface area contributed by atoms with Crippen molar-refractivity contribution >= 4 is 29.2 Å². The van der Waals surface area contributed by atoms with Crippen molar-refractivity contribution in [1.29, 1.82) is 0 Å². The van der Waals surface area contributed by atoms with Gasteiger partial charge < -0.3 is 9.88 Å². The van der Waals surface area contributed by atoms with Gasteiger partial charge in [0.2, 0.25) is 0 Å². The van der Waals surface area contributed by atoms with E-state index in [4.69, 9.17) is 12.2 Å². The van der Waals surface area contributed by atoms with Gasteiger partial charge in [-0.05, 0) is 56.4 Å². The third kappa shape index (κ3) is 3.97. The number of nitrogens with zero attached hydrogens (tertiary/aromatic N) is 2. The van der Waals surface area contributed by atoms with Gasteiger partial charge in [-0.15, -0.1) is 0 Å². The molecule has 0 unspecified atom stereocenters. The average molecular weight is 366 g/mol. The number of hydrazone groups is 1. The minimum absolute atomic E-state index is 0.260. The minimum Gasteiger partial charge on any atom is -0.331 e. The van der Waals surface area contributed by atoms with Crippen molar-refractivity contribution in [1.82, 2.24) is 9.99 Å². The molecule has 2 N–H and O–H groups in total. The van der Waals surface area contributed by atoms with Crippen LogP contribution in [0.25, 0.3) is 5.69 Å². The van der Waals surface area contributed by atoms with Gasteiger partial charge in [0.25, 0.3) is 0 Å². The Morgan fingerprint density at radius 2 is 1.77 bits per heavy atom. The Morgan fingerprint density at radius 3 is 2.50 bits per heavy atom. The van der Waals surface area contributed by atoms with E-state index in [1.165, 1.54) is 6.07 Å². The van der Waals surface area contributed by atoms with Crippen LogP contribution in [0.1, 0.15) is 17.0 Å². The molecule has 0 spiro atoms. The third-order valence-corrected chi connectivity index (χ3v) is 4.16. The number of hydrogen-bond donors (Lipinski definition) is 2. The predicted octanol–water partition coefficient (Wildman–Crippen LogP) is 4.55. The monoisotopic (exact) mass is 366 g/mol. The molecule has 0 fully saturated rings. The summed E-state index contributed by atoms with van der Waals surface area (Å²) in [5.74, 6) is -0.260. The molecule has 2 aromatic carbocycles. The number of anilines is 1. The van der Waals surface area contributed by atoms with Gasteiger partial charge >= 0.3 is 0 Å². The van der Waals surface area contributed by atoms with Crippen molar-refractivity contribution in [3.63, 3.8) is 0 Å². The molecule has 26 heavy (non-hydrogen) atoms. The SMILES string of the molecule is Cc1cc(/C=N\NC(=S)Nc2ccccc2)c(C)n1-c1ccccc1F. The molecule has 132 valence electrons. The van der Waals surface area contributed by atoms with Crippen LogP contribution in [0.2, 0.25) is 0 Å². The first-order valence-corrected chi connectivity index (χ1v) is 8.56. The first-order chi connectivity index (χ1) is 12.6. The van der Waals surface area contributed by atoms with E-state index in [1.54, 1.807) is 18.3 Å². The van der Waals surface area contributed by atoms with E-state index in [1.807, 2.05) is 60.9 Å². The van der Waals surface area contributed by atoms with Crippen LogP contribution in [0.15, 0.2) is 65.8 Å². The van der Waals surface area contributed by atoms with Crippen LogP contribution in [-0.4, -0.2) is 15.9 Å². The molecule has 1 heterocycles. The second-order valence-corrected chi connectivity index (χ2v) is 6.21. The van der Waals surface area contributed by atoms with Crippen LogP contribution in [0, 0.1) is 19.7 Å². The largest absolute Gasteiger partial charge is 0.331 e. The Kier molecular flexibility index (Phi) is 5.43. The van der Waals surface area contributed by atoms with Crippen molar-refractivity contribution in [2.24, 2.45) is 5.10 Å². The van der Waals surface area contributed by atoms with Crippen molar-refractivity contribution in [2.45, 2.75) is 13.8 Å². The fraction of sp³-hybridized carbons (Fsp3) is 0.100. The molecule has 0 saturated heterocycles. The summed E-state index contributed by atoms with van der Waals surface area (Å²) < 4.78 is 16.0. The van der Waals surface area contributed by atoms with E-state index in [0.717, 1.165) is 22.6 Å². The lowest BCUT2D eigenvalue weighted by Gasteiger charge is -2.10. The minimum atomic E-state index is -0.260. The molecule has 0 amide bonds. The highest BCUT2D eigenvalue weighted by atomic mass is 32.1. The molecular formula is C20H19FN4S.